The van der Waals surface area contributed by atoms with Crippen molar-refractivity contribution in [3.63, 3.8) is 0 Å². The molecule has 0 saturated heterocycles. The summed E-state index contributed by atoms with van der Waals surface area (Å²) >= 11 is 0. The molecule has 1 amide bonds. The Labute approximate surface area is 188 Å². The first kappa shape index (κ1) is 24.6. The minimum Gasteiger partial charge on any atom is -0.338 e. The summed E-state index contributed by atoms with van der Waals surface area (Å²) in [7, 11) is 0. The third kappa shape index (κ3) is 6.29. The van der Waals surface area contributed by atoms with E-state index in [0.29, 0.717) is 30.9 Å². The van der Waals surface area contributed by atoms with Gasteiger partial charge in [0.05, 0.1) is 6.07 Å². The average molecular weight is 465 g/mol. The van der Waals surface area contributed by atoms with Crippen LogP contribution in [0.3, 0.4) is 0 Å². The fourth-order valence-electron chi connectivity index (χ4n) is 3.62. The lowest BCUT2D eigenvalue weighted by Gasteiger charge is -2.25. The fraction of sp³-hybridized carbons (Fsp3) is 0.417. The summed E-state index contributed by atoms with van der Waals surface area (Å²) in [4.78, 5) is 12.2. The molecule has 1 aliphatic carbocycles. The van der Waals surface area contributed by atoms with Gasteiger partial charge in [0, 0.05) is 18.1 Å². The minimum atomic E-state index is -4.60. The number of nitriles is 1. The first-order valence-corrected chi connectivity index (χ1v) is 10.6. The molecule has 0 aromatic heterocycles. The van der Waals surface area contributed by atoms with Crippen molar-refractivity contribution in [3.8, 4) is 17.2 Å². The second kappa shape index (κ2) is 9.87. The molecule has 1 fully saturated rings. The normalized spacial score (nSPS) is 16.5. The molecule has 33 heavy (non-hydrogen) atoms. The van der Waals surface area contributed by atoms with Crippen molar-refractivity contribution in [2.75, 3.05) is 6.54 Å². The Bertz CT molecular complexity index is 1030. The van der Waals surface area contributed by atoms with Crippen LogP contribution in [-0.4, -0.2) is 24.2 Å². The van der Waals surface area contributed by atoms with Gasteiger partial charge in [0.15, 0.2) is 0 Å². The topological polar surface area (TPSA) is 64.9 Å². The van der Waals surface area contributed by atoms with E-state index >= 15 is 0 Å². The van der Waals surface area contributed by atoms with Crippen LogP contribution in [0.1, 0.15) is 44.2 Å². The summed E-state index contributed by atoms with van der Waals surface area (Å²) in [5.74, 6) is -2.25. The van der Waals surface area contributed by atoms with Gasteiger partial charge in [0.1, 0.15) is 23.2 Å². The van der Waals surface area contributed by atoms with E-state index in [1.165, 1.54) is 30.3 Å². The first-order chi connectivity index (χ1) is 15.6. The van der Waals surface area contributed by atoms with Gasteiger partial charge < -0.3 is 10.6 Å². The van der Waals surface area contributed by atoms with E-state index in [0.717, 1.165) is 6.07 Å². The van der Waals surface area contributed by atoms with Crippen molar-refractivity contribution < 1.29 is 26.7 Å². The third-order valence-electron chi connectivity index (χ3n) is 5.82. The van der Waals surface area contributed by atoms with Gasteiger partial charge >= 0.3 is 6.18 Å². The van der Waals surface area contributed by atoms with Crippen LogP contribution in [0.2, 0.25) is 0 Å². The predicted molar refractivity (Wildman–Crippen MR) is 113 cm³/mol. The highest BCUT2D eigenvalue weighted by molar-refractivity contribution is 5.78. The number of nitrogens with zero attached hydrogens (tertiary/aromatic N) is 1. The van der Waals surface area contributed by atoms with Crippen molar-refractivity contribution in [2.24, 2.45) is 5.92 Å². The van der Waals surface area contributed by atoms with Gasteiger partial charge in [-0.1, -0.05) is 37.6 Å². The lowest BCUT2D eigenvalue weighted by molar-refractivity contribution is -0.158. The number of carbonyl (C=O) groups excluding carboxylic acids is 1. The Morgan fingerprint density at radius 1 is 1.15 bits per heavy atom. The molecular formula is C24H24F5N3O. The molecule has 1 saturated carbocycles. The summed E-state index contributed by atoms with van der Waals surface area (Å²) in [6.07, 6.45) is -2.94. The zero-order valence-electron chi connectivity index (χ0n) is 18.0. The Morgan fingerprint density at radius 3 is 2.33 bits per heavy atom. The second-order valence-electron chi connectivity index (χ2n) is 8.35. The molecule has 2 aromatic rings. The van der Waals surface area contributed by atoms with Gasteiger partial charge in [-0.05, 0) is 48.6 Å². The molecule has 1 aliphatic rings. The Balaban J connectivity index is 1.68. The summed E-state index contributed by atoms with van der Waals surface area (Å²) in [5.41, 5.74) is -0.466. The zero-order chi connectivity index (χ0) is 24.2. The molecule has 9 heteroatoms. The third-order valence-corrected chi connectivity index (χ3v) is 5.82. The number of nitrogens with one attached hydrogen (secondary N) is 2. The lowest BCUT2D eigenvalue weighted by atomic mass is 9.98. The van der Waals surface area contributed by atoms with Crippen molar-refractivity contribution in [1.82, 2.24) is 10.6 Å². The van der Waals surface area contributed by atoms with Gasteiger partial charge in [0.2, 0.25) is 5.91 Å². The van der Waals surface area contributed by atoms with Crippen LogP contribution in [0.5, 0.6) is 0 Å². The van der Waals surface area contributed by atoms with E-state index in [1.54, 1.807) is 6.92 Å². The molecule has 2 aromatic carbocycles. The highest BCUT2D eigenvalue weighted by Crippen LogP contribution is 2.35. The fourth-order valence-corrected chi connectivity index (χ4v) is 3.62. The number of halogens is 5. The molecule has 0 heterocycles. The maximum atomic E-state index is 14.0. The molecular weight excluding hydrogens is 441 g/mol. The van der Waals surface area contributed by atoms with Crippen LogP contribution in [0.25, 0.3) is 11.1 Å². The number of benzene rings is 2. The molecule has 0 radical (unpaired) electrons. The molecule has 0 bridgehead atoms. The molecule has 1 unspecified atom stereocenters. The highest BCUT2D eigenvalue weighted by atomic mass is 19.4. The SMILES string of the molecule is CCC(CN[C@@H](c1ccc(-c2ccc(F)cc2F)cc1)C(F)(F)F)CC(=O)NC1(C#N)CC1. The molecule has 3 rings (SSSR count). The highest BCUT2D eigenvalue weighted by Gasteiger charge is 2.45. The lowest BCUT2D eigenvalue weighted by Crippen LogP contribution is -2.40. The molecule has 4 nitrogen and oxygen atoms in total. The smallest absolute Gasteiger partial charge is 0.338 e. The van der Waals surface area contributed by atoms with Crippen molar-refractivity contribution in [3.05, 3.63) is 59.7 Å². The quantitative estimate of drug-likeness (QED) is 0.487. The summed E-state index contributed by atoms with van der Waals surface area (Å²) in [6, 6.07) is 8.31. The largest absolute Gasteiger partial charge is 0.407 e. The maximum Gasteiger partial charge on any atom is 0.407 e. The predicted octanol–water partition coefficient (Wildman–Crippen LogP) is 5.41. The van der Waals surface area contributed by atoms with E-state index in [2.05, 4.69) is 16.7 Å². The standard InChI is InChI=1S/C24H24F5N3O/c1-2-15(11-21(33)32-23(14-30)9-10-23)13-31-22(24(27,28)29)17-5-3-16(4-6-17)19-8-7-18(25)12-20(19)26/h3-8,12,15,22,31H,2,9-11,13H2,1H3,(H,32,33)/t15?,22-/m0/s1. The van der Waals surface area contributed by atoms with Gasteiger partial charge in [-0.3, -0.25) is 4.79 Å². The Kier molecular flexibility index (Phi) is 7.38. The average Bonchev–Trinajstić information content (AvgIpc) is 3.52. The van der Waals surface area contributed by atoms with Crippen LogP contribution in [0.4, 0.5) is 22.0 Å². The molecule has 0 aliphatic heterocycles. The van der Waals surface area contributed by atoms with Crippen molar-refractivity contribution in [2.45, 2.75) is 50.4 Å². The number of amides is 1. The Hall–Kier alpha value is -2.99. The number of carbonyl (C=O) groups is 1. The number of rotatable bonds is 9. The summed E-state index contributed by atoms with van der Waals surface area (Å²) in [6.45, 7) is 1.73. The Morgan fingerprint density at radius 2 is 1.82 bits per heavy atom. The van der Waals surface area contributed by atoms with Crippen LogP contribution in [-0.2, 0) is 4.79 Å². The van der Waals surface area contributed by atoms with E-state index in [-0.39, 0.29) is 35.9 Å². The van der Waals surface area contributed by atoms with E-state index < -0.39 is 29.4 Å². The molecule has 2 atom stereocenters. The first-order valence-electron chi connectivity index (χ1n) is 10.6. The van der Waals surface area contributed by atoms with Gasteiger partial charge in [0.25, 0.3) is 0 Å². The van der Waals surface area contributed by atoms with E-state index in [1.807, 2.05) is 0 Å². The van der Waals surface area contributed by atoms with Crippen LogP contribution < -0.4 is 10.6 Å². The summed E-state index contributed by atoms with van der Waals surface area (Å²) in [5, 5.41) is 14.2. The van der Waals surface area contributed by atoms with E-state index in [4.69, 9.17) is 5.26 Å². The number of alkyl halides is 3. The van der Waals surface area contributed by atoms with Crippen molar-refractivity contribution >= 4 is 5.91 Å². The summed E-state index contributed by atoms with van der Waals surface area (Å²) < 4.78 is 68.4. The molecule has 176 valence electrons. The van der Waals surface area contributed by atoms with Gasteiger partial charge in [-0.15, -0.1) is 0 Å². The second-order valence-corrected chi connectivity index (χ2v) is 8.35. The number of hydrogen-bond donors (Lipinski definition) is 2. The van der Waals surface area contributed by atoms with Crippen LogP contribution in [0, 0.1) is 28.9 Å². The van der Waals surface area contributed by atoms with Crippen LogP contribution in [0.15, 0.2) is 42.5 Å². The van der Waals surface area contributed by atoms with Crippen LogP contribution >= 0.6 is 0 Å². The van der Waals surface area contributed by atoms with Gasteiger partial charge in [-0.2, -0.15) is 18.4 Å². The minimum absolute atomic E-state index is 0.0142. The molecule has 2 N–H and O–H groups in total. The zero-order valence-corrected chi connectivity index (χ0v) is 18.0. The van der Waals surface area contributed by atoms with Crippen molar-refractivity contribution in [1.29, 1.82) is 5.26 Å². The maximum absolute atomic E-state index is 14.0. The van der Waals surface area contributed by atoms with E-state index in [9.17, 15) is 26.7 Å². The monoisotopic (exact) mass is 465 g/mol. The van der Waals surface area contributed by atoms with Gasteiger partial charge in [-0.25, -0.2) is 8.78 Å². The number of hydrogen-bond acceptors (Lipinski definition) is 3. The molecule has 0 spiro atoms.